The van der Waals surface area contributed by atoms with Crippen molar-refractivity contribution >= 4 is 33.5 Å². The van der Waals surface area contributed by atoms with Crippen LogP contribution in [0, 0.1) is 5.82 Å². The topological polar surface area (TPSA) is 59.9 Å². The molecule has 0 atom stereocenters. The lowest BCUT2D eigenvalue weighted by Gasteiger charge is -2.08. The van der Waals surface area contributed by atoms with Crippen molar-refractivity contribution in [3.63, 3.8) is 0 Å². The molecule has 0 saturated carbocycles. The average Bonchev–Trinajstić information content (AvgIpc) is 2.45. The van der Waals surface area contributed by atoms with Gasteiger partial charge in [-0.3, -0.25) is 0 Å². The Balaban J connectivity index is 2.57. The van der Waals surface area contributed by atoms with Crippen molar-refractivity contribution in [3.8, 4) is 17.4 Å². The van der Waals surface area contributed by atoms with E-state index in [-0.39, 0.29) is 22.4 Å². The molecule has 0 aliphatic rings. The third kappa shape index (κ3) is 2.99. The molecule has 2 aromatic rings. The van der Waals surface area contributed by atoms with Crippen molar-refractivity contribution in [2.75, 3.05) is 19.0 Å². The fourth-order valence-electron chi connectivity index (χ4n) is 1.50. The largest absolute Gasteiger partial charge is 0.467 e. The second kappa shape index (κ2) is 6.32. The minimum absolute atomic E-state index is 0.0214. The monoisotopic (exact) mass is 360 g/mol. The molecule has 0 radical (unpaired) electrons. The Labute approximate surface area is 128 Å². The van der Waals surface area contributed by atoms with Gasteiger partial charge < -0.3 is 10.1 Å². The number of methoxy groups -OCH3 is 1. The van der Waals surface area contributed by atoms with E-state index in [1.807, 2.05) is 6.92 Å². The Kier molecular flexibility index (Phi) is 4.72. The highest BCUT2D eigenvalue weighted by molar-refractivity contribution is 9.10. The molecule has 1 aromatic heterocycles. The first-order valence-electron chi connectivity index (χ1n) is 5.74. The molecule has 0 bridgehead atoms. The molecule has 1 aromatic carbocycles. The predicted molar refractivity (Wildman–Crippen MR) is 78.6 cm³/mol. The van der Waals surface area contributed by atoms with Crippen LogP contribution in [0.15, 0.2) is 16.6 Å². The molecule has 8 heteroatoms. The van der Waals surface area contributed by atoms with E-state index in [1.165, 1.54) is 13.2 Å². The molecule has 0 aliphatic carbocycles. The van der Waals surface area contributed by atoms with Crippen LogP contribution in [-0.4, -0.2) is 28.6 Å². The van der Waals surface area contributed by atoms with Gasteiger partial charge in [0.25, 0.3) is 0 Å². The zero-order valence-electron chi connectivity index (χ0n) is 10.7. The van der Waals surface area contributed by atoms with E-state index < -0.39 is 5.82 Å². The first-order valence-corrected chi connectivity index (χ1v) is 6.91. The third-order valence-electron chi connectivity index (χ3n) is 2.41. The first-order chi connectivity index (χ1) is 9.56. The highest BCUT2D eigenvalue weighted by atomic mass is 79.9. The number of hydrogen-bond acceptors (Lipinski definition) is 5. The minimum atomic E-state index is -0.600. The zero-order chi connectivity index (χ0) is 14.7. The van der Waals surface area contributed by atoms with Crippen molar-refractivity contribution in [3.05, 3.63) is 27.4 Å². The van der Waals surface area contributed by atoms with Gasteiger partial charge in [-0.05, 0) is 35.0 Å². The van der Waals surface area contributed by atoms with Crippen LogP contribution < -0.4 is 10.1 Å². The van der Waals surface area contributed by atoms with Crippen molar-refractivity contribution in [1.29, 1.82) is 0 Å². The van der Waals surface area contributed by atoms with Gasteiger partial charge in [0.1, 0.15) is 0 Å². The Hall–Kier alpha value is -1.47. The smallest absolute Gasteiger partial charge is 0.321 e. The minimum Gasteiger partial charge on any atom is -0.467 e. The quantitative estimate of drug-likeness (QED) is 0.844. The number of aromatic nitrogens is 3. The van der Waals surface area contributed by atoms with E-state index in [0.717, 1.165) is 0 Å². The molecule has 2 rings (SSSR count). The summed E-state index contributed by atoms with van der Waals surface area (Å²) in [5, 5.41) is 2.91. The fourth-order valence-corrected chi connectivity index (χ4v) is 1.98. The highest BCUT2D eigenvalue weighted by Gasteiger charge is 2.16. The standard InChI is InChI=1S/C12H11BrClFN4O/c1-3-16-11-17-10(18-12(19-11)20-2)6-4-5-7(13)8(14)9(6)15/h4-5H,3H2,1-2H3,(H,16,17,18,19). The van der Waals surface area contributed by atoms with E-state index in [1.54, 1.807) is 6.07 Å². The summed E-state index contributed by atoms with van der Waals surface area (Å²) in [6, 6.07) is 3.27. The van der Waals surface area contributed by atoms with Crippen LogP contribution in [0.1, 0.15) is 6.92 Å². The van der Waals surface area contributed by atoms with Crippen LogP contribution >= 0.6 is 27.5 Å². The van der Waals surface area contributed by atoms with Gasteiger partial charge >= 0.3 is 6.01 Å². The SMILES string of the molecule is CCNc1nc(OC)nc(-c2ccc(Br)c(Cl)c2F)n1. The van der Waals surface area contributed by atoms with Crippen molar-refractivity contribution < 1.29 is 9.13 Å². The Morgan fingerprint density at radius 1 is 1.35 bits per heavy atom. The van der Waals surface area contributed by atoms with E-state index in [9.17, 15) is 4.39 Å². The Bertz CT molecular complexity index is 641. The van der Waals surface area contributed by atoms with Crippen molar-refractivity contribution in [2.45, 2.75) is 6.92 Å². The molecule has 1 heterocycles. The molecular formula is C12H11BrClFN4O. The molecule has 0 spiro atoms. The van der Waals surface area contributed by atoms with E-state index >= 15 is 0 Å². The van der Waals surface area contributed by atoms with Crippen LogP contribution in [-0.2, 0) is 0 Å². The first kappa shape index (κ1) is 14.9. The second-order valence-corrected chi connectivity index (χ2v) is 4.95. The van der Waals surface area contributed by atoms with Gasteiger partial charge in [0.05, 0.1) is 17.7 Å². The molecule has 1 N–H and O–H groups in total. The maximum atomic E-state index is 14.2. The Morgan fingerprint density at radius 2 is 2.10 bits per heavy atom. The average molecular weight is 362 g/mol. The molecule has 0 unspecified atom stereocenters. The number of hydrogen-bond donors (Lipinski definition) is 1. The van der Waals surface area contributed by atoms with Crippen LogP contribution in [0.3, 0.4) is 0 Å². The summed E-state index contributed by atoms with van der Waals surface area (Å²) in [7, 11) is 1.43. The third-order valence-corrected chi connectivity index (χ3v) is 3.67. The number of ether oxygens (including phenoxy) is 1. The second-order valence-electron chi connectivity index (χ2n) is 3.72. The number of nitrogens with one attached hydrogen (secondary N) is 1. The molecule has 0 aliphatic heterocycles. The van der Waals surface area contributed by atoms with Gasteiger partial charge in [0.15, 0.2) is 11.6 Å². The van der Waals surface area contributed by atoms with Gasteiger partial charge in [-0.1, -0.05) is 11.6 Å². The zero-order valence-corrected chi connectivity index (χ0v) is 13.1. The van der Waals surface area contributed by atoms with E-state index in [4.69, 9.17) is 16.3 Å². The van der Waals surface area contributed by atoms with Gasteiger partial charge in [0.2, 0.25) is 5.95 Å². The normalized spacial score (nSPS) is 10.4. The maximum Gasteiger partial charge on any atom is 0.321 e. The summed E-state index contributed by atoms with van der Waals surface area (Å²) in [6.45, 7) is 2.52. The highest BCUT2D eigenvalue weighted by Crippen LogP contribution is 2.32. The summed E-state index contributed by atoms with van der Waals surface area (Å²) >= 11 is 9.03. The number of halogens is 3. The number of nitrogens with zero attached hydrogens (tertiary/aromatic N) is 3. The summed E-state index contributed by atoms with van der Waals surface area (Å²) in [6.07, 6.45) is 0. The van der Waals surface area contributed by atoms with Crippen LogP contribution in [0.2, 0.25) is 5.02 Å². The molecule has 0 amide bonds. The lowest BCUT2D eigenvalue weighted by atomic mass is 10.2. The molecule has 20 heavy (non-hydrogen) atoms. The number of anilines is 1. The van der Waals surface area contributed by atoms with Crippen LogP contribution in [0.5, 0.6) is 6.01 Å². The van der Waals surface area contributed by atoms with Gasteiger partial charge in [-0.15, -0.1) is 0 Å². The van der Waals surface area contributed by atoms with Gasteiger partial charge in [-0.2, -0.15) is 15.0 Å². The lowest BCUT2D eigenvalue weighted by molar-refractivity contribution is 0.379. The summed E-state index contributed by atoms with van der Waals surface area (Å²) in [4.78, 5) is 12.2. The number of rotatable bonds is 4. The van der Waals surface area contributed by atoms with E-state index in [2.05, 4.69) is 36.2 Å². The lowest BCUT2D eigenvalue weighted by Crippen LogP contribution is -2.06. The molecular weight excluding hydrogens is 351 g/mol. The summed E-state index contributed by atoms with van der Waals surface area (Å²) in [5.41, 5.74) is 0.179. The van der Waals surface area contributed by atoms with Crippen LogP contribution in [0.4, 0.5) is 10.3 Å². The van der Waals surface area contributed by atoms with Crippen molar-refractivity contribution in [2.24, 2.45) is 0 Å². The van der Waals surface area contributed by atoms with Gasteiger partial charge in [-0.25, -0.2) is 4.39 Å². The van der Waals surface area contributed by atoms with E-state index in [0.29, 0.717) is 17.0 Å². The molecule has 106 valence electrons. The van der Waals surface area contributed by atoms with Crippen LogP contribution in [0.25, 0.3) is 11.4 Å². The van der Waals surface area contributed by atoms with Gasteiger partial charge in [0, 0.05) is 11.0 Å². The molecule has 5 nitrogen and oxygen atoms in total. The van der Waals surface area contributed by atoms with Crippen molar-refractivity contribution in [1.82, 2.24) is 15.0 Å². The predicted octanol–water partition coefficient (Wildman–Crippen LogP) is 3.53. The Morgan fingerprint density at radius 3 is 2.75 bits per heavy atom. The maximum absolute atomic E-state index is 14.2. The summed E-state index contributed by atoms with van der Waals surface area (Å²) in [5.74, 6) is -0.135. The fraction of sp³-hybridized carbons (Fsp3) is 0.250. The summed E-state index contributed by atoms with van der Waals surface area (Å²) < 4.78 is 19.6. The molecule has 0 fully saturated rings. The molecule has 0 saturated heterocycles. The number of benzene rings is 1.